The standard InChI is InChI=1S/C17H32O3/c1-16(2)14-12-15-11-9-7-5-3-4-6-8-10-13-17(15,19-16)20-18/h15,18H,3-14H2,1-2H3. The van der Waals surface area contributed by atoms with Gasteiger partial charge in [0.1, 0.15) is 0 Å². The number of hydrogen-bond acceptors (Lipinski definition) is 3. The van der Waals surface area contributed by atoms with E-state index >= 15 is 0 Å². The molecule has 3 heteroatoms. The third-order valence-electron chi connectivity index (χ3n) is 5.15. The first kappa shape index (κ1) is 16.3. The average molecular weight is 284 g/mol. The number of hydrogen-bond donors (Lipinski definition) is 1. The normalized spacial score (nSPS) is 36.5. The largest absolute Gasteiger partial charge is 0.341 e. The Hall–Kier alpha value is -0.120. The first-order valence-corrected chi connectivity index (χ1v) is 8.61. The Bertz CT molecular complexity index is 290. The van der Waals surface area contributed by atoms with Crippen molar-refractivity contribution in [1.29, 1.82) is 0 Å². The molecule has 0 amide bonds. The van der Waals surface area contributed by atoms with Crippen LogP contribution in [-0.2, 0) is 9.62 Å². The molecule has 0 bridgehead atoms. The van der Waals surface area contributed by atoms with E-state index in [0.717, 1.165) is 32.1 Å². The maximum Gasteiger partial charge on any atom is 0.204 e. The van der Waals surface area contributed by atoms with Gasteiger partial charge in [0.2, 0.25) is 5.79 Å². The molecule has 118 valence electrons. The molecule has 0 radical (unpaired) electrons. The summed E-state index contributed by atoms with van der Waals surface area (Å²) in [5.41, 5.74) is -0.184. The fourth-order valence-electron chi connectivity index (χ4n) is 3.92. The van der Waals surface area contributed by atoms with Crippen LogP contribution in [0, 0.1) is 5.92 Å². The Kier molecular flexibility index (Phi) is 5.88. The molecular weight excluding hydrogens is 252 g/mol. The second-order valence-corrected chi connectivity index (χ2v) is 7.37. The lowest BCUT2D eigenvalue weighted by Gasteiger charge is -2.48. The third-order valence-corrected chi connectivity index (χ3v) is 5.15. The van der Waals surface area contributed by atoms with E-state index in [1.54, 1.807) is 0 Å². The van der Waals surface area contributed by atoms with Crippen molar-refractivity contribution in [2.75, 3.05) is 0 Å². The molecule has 2 rings (SSSR count). The van der Waals surface area contributed by atoms with E-state index < -0.39 is 5.79 Å². The van der Waals surface area contributed by atoms with E-state index in [1.807, 2.05) is 0 Å². The molecule has 2 aliphatic rings. The molecule has 2 atom stereocenters. The molecular formula is C17H32O3. The highest BCUT2D eigenvalue weighted by molar-refractivity contribution is 4.89. The van der Waals surface area contributed by atoms with Crippen LogP contribution >= 0.6 is 0 Å². The van der Waals surface area contributed by atoms with Gasteiger partial charge in [0.15, 0.2) is 0 Å². The predicted octanol–water partition coefficient (Wildman–Crippen LogP) is 5.29. The van der Waals surface area contributed by atoms with Gasteiger partial charge in [0, 0.05) is 12.3 Å². The van der Waals surface area contributed by atoms with E-state index in [2.05, 4.69) is 13.8 Å². The van der Waals surface area contributed by atoms with Gasteiger partial charge in [0.05, 0.1) is 5.60 Å². The summed E-state index contributed by atoms with van der Waals surface area (Å²) in [7, 11) is 0. The topological polar surface area (TPSA) is 38.7 Å². The highest BCUT2D eigenvalue weighted by Gasteiger charge is 2.48. The fourth-order valence-corrected chi connectivity index (χ4v) is 3.92. The summed E-state index contributed by atoms with van der Waals surface area (Å²) in [6, 6.07) is 0. The molecule has 1 N–H and O–H groups in total. The minimum Gasteiger partial charge on any atom is -0.341 e. The molecule has 2 fully saturated rings. The van der Waals surface area contributed by atoms with E-state index in [0.29, 0.717) is 5.92 Å². The molecule has 0 aromatic rings. The quantitative estimate of drug-likeness (QED) is 0.525. The van der Waals surface area contributed by atoms with Crippen molar-refractivity contribution in [2.45, 2.75) is 102 Å². The average Bonchev–Trinajstić information content (AvgIpc) is 2.40. The monoisotopic (exact) mass is 284 g/mol. The Labute approximate surface area is 124 Å². The molecule has 0 aromatic heterocycles. The second-order valence-electron chi connectivity index (χ2n) is 7.37. The van der Waals surface area contributed by atoms with Gasteiger partial charge in [-0.1, -0.05) is 44.9 Å². The molecule has 3 nitrogen and oxygen atoms in total. The summed E-state index contributed by atoms with van der Waals surface area (Å²) in [5, 5.41) is 9.59. The van der Waals surface area contributed by atoms with Crippen LogP contribution < -0.4 is 0 Å². The summed E-state index contributed by atoms with van der Waals surface area (Å²) < 4.78 is 6.25. The molecule has 1 heterocycles. The number of ether oxygens (including phenoxy) is 1. The Morgan fingerprint density at radius 2 is 1.45 bits per heavy atom. The van der Waals surface area contributed by atoms with Crippen molar-refractivity contribution >= 4 is 0 Å². The van der Waals surface area contributed by atoms with Gasteiger partial charge in [0.25, 0.3) is 0 Å². The summed E-state index contributed by atoms with van der Waals surface area (Å²) in [4.78, 5) is 5.00. The minimum atomic E-state index is -0.749. The molecule has 2 unspecified atom stereocenters. The van der Waals surface area contributed by atoms with Crippen molar-refractivity contribution in [3.63, 3.8) is 0 Å². The molecule has 1 aliphatic carbocycles. The summed E-state index contributed by atoms with van der Waals surface area (Å²) in [5.74, 6) is -0.402. The van der Waals surface area contributed by atoms with Crippen LogP contribution in [0.3, 0.4) is 0 Å². The van der Waals surface area contributed by atoms with Gasteiger partial charge in [-0.25, -0.2) is 10.1 Å². The van der Waals surface area contributed by atoms with Crippen LogP contribution in [0.5, 0.6) is 0 Å². The van der Waals surface area contributed by atoms with Gasteiger partial charge in [-0.3, -0.25) is 0 Å². The molecule has 20 heavy (non-hydrogen) atoms. The van der Waals surface area contributed by atoms with Gasteiger partial charge >= 0.3 is 0 Å². The smallest absolute Gasteiger partial charge is 0.204 e. The van der Waals surface area contributed by atoms with Crippen LogP contribution in [0.2, 0.25) is 0 Å². The third kappa shape index (κ3) is 4.19. The van der Waals surface area contributed by atoms with E-state index in [-0.39, 0.29) is 5.60 Å². The summed E-state index contributed by atoms with van der Waals surface area (Å²) >= 11 is 0. The second kappa shape index (κ2) is 7.24. The number of fused-ring (bicyclic) bond motifs is 1. The number of rotatable bonds is 1. The lowest BCUT2D eigenvalue weighted by atomic mass is 9.79. The zero-order valence-corrected chi connectivity index (χ0v) is 13.3. The van der Waals surface area contributed by atoms with E-state index in [1.165, 1.54) is 44.9 Å². The van der Waals surface area contributed by atoms with Crippen LogP contribution in [0.1, 0.15) is 90.9 Å². The van der Waals surface area contributed by atoms with Gasteiger partial charge < -0.3 is 4.74 Å². The molecule has 0 aromatic carbocycles. The first-order valence-electron chi connectivity index (χ1n) is 8.61. The van der Waals surface area contributed by atoms with Crippen LogP contribution in [0.4, 0.5) is 0 Å². The lowest BCUT2D eigenvalue weighted by Crippen LogP contribution is -2.53. The minimum absolute atomic E-state index is 0.184. The molecule has 1 aliphatic heterocycles. The maximum absolute atomic E-state index is 9.59. The zero-order chi connectivity index (χ0) is 14.5. The van der Waals surface area contributed by atoms with Crippen LogP contribution in [-0.4, -0.2) is 16.6 Å². The van der Waals surface area contributed by atoms with Gasteiger partial charge in [-0.2, -0.15) is 0 Å². The maximum atomic E-state index is 9.59. The summed E-state index contributed by atoms with van der Waals surface area (Å²) in [6.07, 6.45) is 14.4. The van der Waals surface area contributed by atoms with E-state index in [9.17, 15) is 5.26 Å². The fraction of sp³-hybridized carbons (Fsp3) is 1.00. The van der Waals surface area contributed by atoms with Crippen LogP contribution in [0.25, 0.3) is 0 Å². The van der Waals surface area contributed by atoms with E-state index in [4.69, 9.17) is 9.62 Å². The van der Waals surface area contributed by atoms with Gasteiger partial charge in [-0.05, 0) is 39.5 Å². The van der Waals surface area contributed by atoms with Crippen molar-refractivity contribution in [2.24, 2.45) is 5.92 Å². The Morgan fingerprint density at radius 3 is 2.10 bits per heavy atom. The Morgan fingerprint density at radius 1 is 0.850 bits per heavy atom. The van der Waals surface area contributed by atoms with Crippen LogP contribution in [0.15, 0.2) is 0 Å². The predicted molar refractivity (Wildman–Crippen MR) is 80.5 cm³/mol. The summed E-state index contributed by atoms with van der Waals surface area (Å²) in [6.45, 7) is 4.22. The Balaban J connectivity index is 2.07. The van der Waals surface area contributed by atoms with Crippen molar-refractivity contribution in [1.82, 2.24) is 0 Å². The first-order chi connectivity index (χ1) is 9.58. The zero-order valence-electron chi connectivity index (χ0n) is 13.3. The lowest BCUT2D eigenvalue weighted by molar-refractivity contribution is -0.452. The molecule has 0 spiro atoms. The van der Waals surface area contributed by atoms with Gasteiger partial charge in [-0.15, -0.1) is 0 Å². The molecule has 1 saturated heterocycles. The highest BCUT2D eigenvalue weighted by Crippen LogP contribution is 2.45. The molecule has 1 saturated carbocycles. The SMILES string of the molecule is CC1(C)CCC2CCCCCCCCCCC2(OO)O1. The van der Waals surface area contributed by atoms with Crippen molar-refractivity contribution < 1.29 is 14.9 Å². The highest BCUT2D eigenvalue weighted by atomic mass is 17.1. The van der Waals surface area contributed by atoms with Crippen molar-refractivity contribution in [3.8, 4) is 0 Å². The van der Waals surface area contributed by atoms with Crippen molar-refractivity contribution in [3.05, 3.63) is 0 Å².